The number of halogens is 1. The first-order valence-electron chi connectivity index (χ1n) is 9.86. The van der Waals surface area contributed by atoms with Crippen LogP contribution in [0.1, 0.15) is 5.56 Å². The fourth-order valence-corrected chi connectivity index (χ4v) is 3.00. The third-order valence-electron chi connectivity index (χ3n) is 4.63. The van der Waals surface area contributed by atoms with Crippen LogP contribution < -0.4 is 15.6 Å². The van der Waals surface area contributed by atoms with Gasteiger partial charge >= 0.3 is 5.69 Å². The smallest absolute Gasteiger partial charge is 0.311 e. The number of para-hydroxylation sites is 1. The molecule has 1 aliphatic heterocycles. The summed E-state index contributed by atoms with van der Waals surface area (Å²) in [5.74, 6) is -0.192. The molecule has 0 radical (unpaired) electrons. The van der Waals surface area contributed by atoms with Crippen LogP contribution >= 0.6 is 0 Å². The highest BCUT2D eigenvalue weighted by atomic mass is 19.1. The van der Waals surface area contributed by atoms with E-state index in [1.807, 2.05) is 4.90 Å². The Morgan fingerprint density at radius 1 is 1.12 bits per heavy atom. The van der Waals surface area contributed by atoms with E-state index in [9.17, 15) is 19.6 Å². The van der Waals surface area contributed by atoms with E-state index in [0.717, 1.165) is 0 Å². The van der Waals surface area contributed by atoms with Gasteiger partial charge in [-0.2, -0.15) is 20.1 Å². The van der Waals surface area contributed by atoms with Gasteiger partial charge in [0.15, 0.2) is 0 Å². The second kappa shape index (κ2) is 9.82. The van der Waals surface area contributed by atoms with Gasteiger partial charge in [-0.15, -0.1) is 0 Å². The number of nitro benzene ring substituents is 1. The van der Waals surface area contributed by atoms with Crippen LogP contribution in [-0.2, 0) is 4.74 Å². The Morgan fingerprint density at radius 2 is 1.85 bits per heavy atom. The molecule has 0 saturated carbocycles. The molecule has 3 N–H and O–H groups in total. The minimum absolute atomic E-state index is 0.0947. The van der Waals surface area contributed by atoms with Crippen LogP contribution in [0.2, 0.25) is 0 Å². The largest absolute Gasteiger partial charge is 0.502 e. The highest BCUT2D eigenvalue weighted by Crippen LogP contribution is 2.28. The number of nitrogens with one attached hydrogen (secondary N) is 2. The van der Waals surface area contributed by atoms with Crippen molar-refractivity contribution in [3.63, 3.8) is 0 Å². The third kappa shape index (κ3) is 5.46. The number of aromatic nitrogens is 3. The SMILES string of the molecule is O=[N+]([O-])c1cccc(/C=N/Nc2nc(Nc3ccc(F)cc3)nc(N3CCOCC3)n2)c1O. The van der Waals surface area contributed by atoms with Gasteiger partial charge in [0.2, 0.25) is 23.6 Å². The molecule has 1 aromatic heterocycles. The number of benzene rings is 2. The zero-order valence-electron chi connectivity index (χ0n) is 17.2. The maximum atomic E-state index is 13.2. The number of aromatic hydroxyl groups is 1. The van der Waals surface area contributed by atoms with Gasteiger partial charge in [0.25, 0.3) is 0 Å². The summed E-state index contributed by atoms with van der Waals surface area (Å²) in [5.41, 5.74) is 2.94. The van der Waals surface area contributed by atoms with E-state index in [4.69, 9.17) is 4.74 Å². The van der Waals surface area contributed by atoms with Crippen molar-refractivity contribution >= 4 is 35.4 Å². The summed E-state index contributed by atoms with van der Waals surface area (Å²) in [6.07, 6.45) is 1.22. The molecular weight excluding hydrogens is 435 g/mol. The van der Waals surface area contributed by atoms with E-state index in [-0.39, 0.29) is 23.3 Å². The lowest BCUT2D eigenvalue weighted by Crippen LogP contribution is -2.37. The molecule has 13 heteroatoms. The lowest BCUT2D eigenvalue weighted by Gasteiger charge is -2.27. The predicted molar refractivity (Wildman–Crippen MR) is 119 cm³/mol. The van der Waals surface area contributed by atoms with E-state index in [2.05, 4.69) is 30.8 Å². The van der Waals surface area contributed by atoms with Gasteiger partial charge in [0, 0.05) is 30.4 Å². The van der Waals surface area contributed by atoms with Crippen molar-refractivity contribution in [3.8, 4) is 5.75 Å². The number of nitro groups is 1. The molecule has 33 heavy (non-hydrogen) atoms. The number of morpholine rings is 1. The molecule has 2 aromatic carbocycles. The number of hydrogen-bond acceptors (Lipinski definition) is 11. The highest BCUT2D eigenvalue weighted by Gasteiger charge is 2.17. The fourth-order valence-electron chi connectivity index (χ4n) is 3.00. The molecule has 0 spiro atoms. The molecule has 1 saturated heterocycles. The molecule has 0 bridgehead atoms. The van der Waals surface area contributed by atoms with Crippen molar-refractivity contribution in [2.24, 2.45) is 5.10 Å². The second-order valence-electron chi connectivity index (χ2n) is 6.86. The first-order chi connectivity index (χ1) is 16.0. The normalized spacial score (nSPS) is 13.8. The van der Waals surface area contributed by atoms with Gasteiger partial charge in [-0.3, -0.25) is 10.1 Å². The van der Waals surface area contributed by atoms with E-state index >= 15 is 0 Å². The van der Waals surface area contributed by atoms with Crippen LogP contribution in [0.25, 0.3) is 0 Å². The average Bonchev–Trinajstić information content (AvgIpc) is 2.82. The number of anilines is 4. The van der Waals surface area contributed by atoms with Gasteiger partial charge in [-0.1, -0.05) is 6.07 Å². The van der Waals surface area contributed by atoms with Crippen molar-refractivity contribution in [1.29, 1.82) is 0 Å². The maximum Gasteiger partial charge on any atom is 0.311 e. The Balaban J connectivity index is 1.58. The van der Waals surface area contributed by atoms with Crippen molar-refractivity contribution in [2.45, 2.75) is 0 Å². The predicted octanol–water partition coefficient (Wildman–Crippen LogP) is 2.65. The Kier molecular flexibility index (Phi) is 6.50. The molecule has 0 amide bonds. The van der Waals surface area contributed by atoms with Gasteiger partial charge < -0.3 is 20.1 Å². The van der Waals surface area contributed by atoms with E-state index in [0.29, 0.717) is 37.9 Å². The molecule has 12 nitrogen and oxygen atoms in total. The summed E-state index contributed by atoms with van der Waals surface area (Å²) in [6.45, 7) is 2.23. The van der Waals surface area contributed by atoms with Crippen molar-refractivity contribution < 1.29 is 19.2 Å². The Labute approximate surface area is 186 Å². The molecule has 1 aliphatic rings. The molecule has 2 heterocycles. The maximum absolute atomic E-state index is 13.2. The average molecular weight is 454 g/mol. The lowest BCUT2D eigenvalue weighted by atomic mass is 10.2. The van der Waals surface area contributed by atoms with Crippen molar-refractivity contribution in [3.05, 3.63) is 64.0 Å². The van der Waals surface area contributed by atoms with Crippen molar-refractivity contribution in [2.75, 3.05) is 41.9 Å². The number of ether oxygens (including phenoxy) is 1. The molecule has 3 aromatic rings. The molecule has 1 fully saturated rings. The summed E-state index contributed by atoms with van der Waals surface area (Å²) in [4.78, 5) is 25.3. The first-order valence-corrected chi connectivity index (χ1v) is 9.86. The van der Waals surface area contributed by atoms with E-state index < -0.39 is 16.4 Å². The van der Waals surface area contributed by atoms with Crippen LogP contribution in [0.3, 0.4) is 0 Å². The molecule has 4 rings (SSSR count). The highest BCUT2D eigenvalue weighted by molar-refractivity contribution is 5.85. The molecule has 170 valence electrons. The number of phenolic OH excluding ortho intramolecular Hbond substituents is 1. The Morgan fingerprint density at radius 3 is 2.58 bits per heavy atom. The van der Waals surface area contributed by atoms with E-state index in [1.54, 1.807) is 12.1 Å². The minimum atomic E-state index is -0.686. The summed E-state index contributed by atoms with van der Waals surface area (Å²) in [7, 11) is 0. The molecule has 0 unspecified atom stereocenters. The monoisotopic (exact) mass is 454 g/mol. The van der Waals surface area contributed by atoms with Crippen LogP contribution in [0.15, 0.2) is 47.6 Å². The first kappa shape index (κ1) is 21.8. The fraction of sp³-hybridized carbons (Fsp3) is 0.200. The molecular formula is C20H19FN8O4. The summed E-state index contributed by atoms with van der Waals surface area (Å²) >= 11 is 0. The quantitative estimate of drug-likeness (QED) is 0.276. The topological polar surface area (TPSA) is 151 Å². The zero-order chi connectivity index (χ0) is 23.2. The van der Waals surface area contributed by atoms with Gasteiger partial charge in [-0.05, 0) is 30.3 Å². The third-order valence-corrected chi connectivity index (χ3v) is 4.63. The minimum Gasteiger partial charge on any atom is -0.502 e. The number of rotatable bonds is 7. The van der Waals surface area contributed by atoms with Crippen LogP contribution in [0.4, 0.5) is 33.6 Å². The lowest BCUT2D eigenvalue weighted by molar-refractivity contribution is -0.385. The Hall–Kier alpha value is -4.39. The second-order valence-corrected chi connectivity index (χ2v) is 6.86. The molecule has 0 aliphatic carbocycles. The zero-order valence-corrected chi connectivity index (χ0v) is 17.2. The van der Waals surface area contributed by atoms with Gasteiger partial charge in [0.1, 0.15) is 5.82 Å². The van der Waals surface area contributed by atoms with E-state index in [1.165, 1.54) is 36.5 Å². The number of hydrogen-bond donors (Lipinski definition) is 3. The van der Waals surface area contributed by atoms with Crippen LogP contribution in [0, 0.1) is 15.9 Å². The standard InChI is InChI=1S/C20H19FN8O4/c21-14-4-6-15(7-5-14)23-18-24-19(26-20(25-18)28-8-10-33-11-9-28)27-22-12-13-2-1-3-16(17(13)30)29(31)32/h1-7,12,30H,8-11H2,(H2,23,24,25,26,27)/b22-12+. The van der Waals surface area contributed by atoms with Crippen LogP contribution in [0.5, 0.6) is 5.75 Å². The van der Waals surface area contributed by atoms with Crippen molar-refractivity contribution in [1.82, 2.24) is 15.0 Å². The Bertz CT molecular complexity index is 1170. The summed E-state index contributed by atoms with van der Waals surface area (Å²) in [6, 6.07) is 9.80. The summed E-state index contributed by atoms with van der Waals surface area (Å²) in [5, 5.41) is 28.0. The molecule has 0 atom stereocenters. The number of phenols is 1. The van der Waals surface area contributed by atoms with Gasteiger partial charge in [-0.25, -0.2) is 9.82 Å². The summed E-state index contributed by atoms with van der Waals surface area (Å²) < 4.78 is 18.6. The van der Waals surface area contributed by atoms with Crippen LogP contribution in [-0.4, -0.2) is 57.5 Å². The van der Waals surface area contributed by atoms with Gasteiger partial charge in [0.05, 0.1) is 24.4 Å². The number of nitrogens with zero attached hydrogens (tertiary/aromatic N) is 6. The number of hydrazone groups is 1.